The first-order valence-electron chi connectivity index (χ1n) is 13.0. The monoisotopic (exact) mass is 476 g/mol. The molecule has 0 aromatic rings. The van der Waals surface area contributed by atoms with Crippen molar-refractivity contribution in [1.29, 1.82) is 0 Å². The van der Waals surface area contributed by atoms with Gasteiger partial charge >= 0.3 is 0 Å². The first-order valence-corrected chi connectivity index (χ1v) is 13.0. The lowest BCUT2D eigenvalue weighted by Crippen LogP contribution is -1.85. The predicted octanol–water partition coefficient (Wildman–Crippen LogP) is 6.34. The van der Waals surface area contributed by atoms with Gasteiger partial charge in [0, 0.05) is 0 Å². The van der Waals surface area contributed by atoms with Gasteiger partial charge in [-0.15, -0.1) is 0 Å². The molecular weight excluding hydrogens is 432 g/mol. The molecule has 0 atom stereocenters. The summed E-state index contributed by atoms with van der Waals surface area (Å²) in [5.41, 5.74) is 0. The SMILES string of the molecule is O=C=NCCCCCCCCCCCCN=C=O.O=C=NCCCCCCCCCCN=C=O. The van der Waals surface area contributed by atoms with Crippen molar-refractivity contribution in [2.24, 2.45) is 20.0 Å². The van der Waals surface area contributed by atoms with Crippen molar-refractivity contribution < 1.29 is 19.2 Å². The van der Waals surface area contributed by atoms with E-state index >= 15 is 0 Å². The van der Waals surface area contributed by atoms with Crippen LogP contribution >= 0.6 is 0 Å². The zero-order valence-electron chi connectivity index (χ0n) is 21.0. The Balaban J connectivity index is 0. The Hall–Kier alpha value is -2.48. The lowest BCUT2D eigenvalue weighted by atomic mass is 10.1. The summed E-state index contributed by atoms with van der Waals surface area (Å²) in [5, 5.41) is 0. The Morgan fingerprint density at radius 1 is 0.265 bits per heavy atom. The molecule has 8 heteroatoms. The molecule has 0 heterocycles. The maximum atomic E-state index is 9.81. The quantitative estimate of drug-likeness (QED) is 0.0917. The van der Waals surface area contributed by atoms with Crippen LogP contribution in [0.2, 0.25) is 0 Å². The van der Waals surface area contributed by atoms with Gasteiger partial charge in [0.25, 0.3) is 0 Å². The fourth-order valence-electron chi connectivity index (χ4n) is 3.42. The van der Waals surface area contributed by atoms with E-state index in [2.05, 4.69) is 20.0 Å². The highest BCUT2D eigenvalue weighted by molar-refractivity contribution is 5.33. The molecule has 0 aromatic heterocycles. The molecule has 0 saturated carbocycles. The average molecular weight is 477 g/mol. The van der Waals surface area contributed by atoms with E-state index in [1.165, 1.54) is 64.2 Å². The Morgan fingerprint density at radius 2 is 0.412 bits per heavy atom. The van der Waals surface area contributed by atoms with Crippen LogP contribution in [0.3, 0.4) is 0 Å². The largest absolute Gasteiger partial charge is 0.234 e. The van der Waals surface area contributed by atoms with Gasteiger partial charge < -0.3 is 0 Å². The summed E-state index contributed by atoms with van der Waals surface area (Å²) in [6.45, 7) is 2.50. The van der Waals surface area contributed by atoms with Crippen LogP contribution in [0, 0.1) is 0 Å². The fourth-order valence-corrected chi connectivity index (χ4v) is 3.42. The Morgan fingerprint density at radius 3 is 0.559 bits per heavy atom. The molecule has 34 heavy (non-hydrogen) atoms. The molecule has 0 N–H and O–H groups in total. The number of aliphatic imine (C=N–C) groups is 4. The van der Waals surface area contributed by atoms with E-state index in [1.807, 2.05) is 0 Å². The minimum Gasteiger partial charge on any atom is -0.211 e. The van der Waals surface area contributed by atoms with Crippen LogP contribution in [0.25, 0.3) is 0 Å². The van der Waals surface area contributed by atoms with Crippen molar-refractivity contribution in [2.75, 3.05) is 26.2 Å². The van der Waals surface area contributed by atoms with Gasteiger partial charge in [-0.3, -0.25) is 0 Å². The van der Waals surface area contributed by atoms with Gasteiger partial charge in [-0.1, -0.05) is 89.9 Å². The molecule has 192 valence electrons. The van der Waals surface area contributed by atoms with Crippen LogP contribution in [0.4, 0.5) is 0 Å². The number of hydrogen-bond acceptors (Lipinski definition) is 8. The summed E-state index contributed by atoms with van der Waals surface area (Å²) in [6.07, 6.45) is 27.3. The van der Waals surface area contributed by atoms with Crippen LogP contribution < -0.4 is 0 Å². The molecule has 0 unspecified atom stereocenters. The topological polar surface area (TPSA) is 118 Å². The second kappa shape index (κ2) is 35.1. The Labute approximate surface area is 205 Å². The van der Waals surface area contributed by atoms with Crippen LogP contribution in [0.15, 0.2) is 20.0 Å². The van der Waals surface area contributed by atoms with Gasteiger partial charge in [-0.2, -0.15) is 0 Å². The lowest BCUT2D eigenvalue weighted by molar-refractivity contribution is 0.547. The molecule has 8 nitrogen and oxygen atoms in total. The average Bonchev–Trinajstić information content (AvgIpc) is 2.85. The fraction of sp³-hybridized carbons (Fsp3) is 0.846. The number of hydrogen-bond donors (Lipinski definition) is 0. The highest BCUT2D eigenvalue weighted by Crippen LogP contribution is 2.11. The highest BCUT2D eigenvalue weighted by Gasteiger charge is 1.93. The molecule has 0 fully saturated rings. The maximum Gasteiger partial charge on any atom is 0.234 e. The predicted molar refractivity (Wildman–Crippen MR) is 135 cm³/mol. The highest BCUT2D eigenvalue weighted by atomic mass is 16.1. The summed E-state index contributed by atoms with van der Waals surface area (Å²) >= 11 is 0. The number of rotatable bonds is 24. The molecule has 0 aliphatic rings. The third-order valence-electron chi connectivity index (χ3n) is 5.34. The first kappa shape index (κ1) is 33.7. The van der Waals surface area contributed by atoms with Gasteiger partial charge in [0.1, 0.15) is 0 Å². The summed E-state index contributed by atoms with van der Waals surface area (Å²) in [6, 6.07) is 0. The standard InChI is InChI=1S/C14H24N2O2.C12H20N2O2/c17-13-15-11-9-7-5-3-1-2-4-6-8-10-12-16-14-18;15-11-13-9-7-5-3-1-2-4-6-8-10-14-12-16/h1-12H2;1-10H2. The summed E-state index contributed by atoms with van der Waals surface area (Å²) in [5.74, 6) is 0. The minimum absolute atomic E-state index is 0.618. The van der Waals surface area contributed by atoms with Gasteiger partial charge in [0.05, 0.1) is 26.2 Å². The molecule has 0 aromatic carbocycles. The van der Waals surface area contributed by atoms with Crippen molar-refractivity contribution in [3.63, 3.8) is 0 Å². The lowest BCUT2D eigenvalue weighted by Gasteiger charge is -2.01. The number of carbonyl (C=O) groups excluding carboxylic acids is 4. The first-order chi connectivity index (χ1) is 16.8. The van der Waals surface area contributed by atoms with E-state index < -0.39 is 0 Å². The zero-order valence-corrected chi connectivity index (χ0v) is 21.0. The zero-order chi connectivity index (χ0) is 25.2. The van der Waals surface area contributed by atoms with E-state index in [-0.39, 0.29) is 0 Å². The molecule has 0 rings (SSSR count). The second-order valence-corrected chi connectivity index (χ2v) is 8.26. The Bertz CT molecular complexity index is 562. The molecule has 0 aliphatic carbocycles. The molecule has 0 amide bonds. The van der Waals surface area contributed by atoms with E-state index in [4.69, 9.17) is 0 Å². The molecule has 0 bridgehead atoms. The van der Waals surface area contributed by atoms with E-state index in [0.29, 0.717) is 26.2 Å². The number of nitrogens with zero attached hydrogens (tertiary/aromatic N) is 4. The van der Waals surface area contributed by atoms with Crippen LogP contribution in [-0.4, -0.2) is 50.5 Å². The van der Waals surface area contributed by atoms with Crippen molar-refractivity contribution in [2.45, 2.75) is 116 Å². The van der Waals surface area contributed by atoms with Crippen LogP contribution in [0.1, 0.15) is 116 Å². The van der Waals surface area contributed by atoms with Crippen LogP contribution in [-0.2, 0) is 19.2 Å². The van der Waals surface area contributed by atoms with E-state index in [1.54, 1.807) is 24.3 Å². The summed E-state index contributed by atoms with van der Waals surface area (Å²) in [4.78, 5) is 53.2. The second-order valence-electron chi connectivity index (χ2n) is 8.26. The van der Waals surface area contributed by atoms with Crippen molar-refractivity contribution in [3.8, 4) is 0 Å². The maximum absolute atomic E-state index is 9.81. The summed E-state index contributed by atoms with van der Waals surface area (Å²) in [7, 11) is 0. The number of unbranched alkanes of at least 4 members (excludes halogenated alkanes) is 16. The molecule has 0 saturated heterocycles. The molecular formula is C26H44N4O4. The molecule has 0 spiro atoms. The van der Waals surface area contributed by atoms with E-state index in [0.717, 1.165) is 51.4 Å². The molecule has 0 radical (unpaired) electrons. The third-order valence-corrected chi connectivity index (χ3v) is 5.34. The third kappa shape index (κ3) is 36.9. The van der Waals surface area contributed by atoms with E-state index in [9.17, 15) is 19.2 Å². The minimum atomic E-state index is 0.618. The van der Waals surface area contributed by atoms with Crippen molar-refractivity contribution >= 4 is 24.3 Å². The van der Waals surface area contributed by atoms with Gasteiger partial charge in [0.15, 0.2) is 0 Å². The Kier molecular flexibility index (Phi) is 34.8. The van der Waals surface area contributed by atoms with Gasteiger partial charge in [-0.05, 0) is 25.7 Å². The number of isocyanates is 4. The van der Waals surface area contributed by atoms with Gasteiger partial charge in [-0.25, -0.2) is 39.1 Å². The summed E-state index contributed by atoms with van der Waals surface area (Å²) < 4.78 is 0. The smallest absolute Gasteiger partial charge is 0.211 e. The molecule has 0 aliphatic heterocycles. The van der Waals surface area contributed by atoms with Crippen LogP contribution in [0.5, 0.6) is 0 Å². The van der Waals surface area contributed by atoms with Crippen molar-refractivity contribution in [3.05, 3.63) is 0 Å². The normalized spacial score (nSPS) is 9.41. The van der Waals surface area contributed by atoms with Gasteiger partial charge in [0.2, 0.25) is 24.3 Å². The van der Waals surface area contributed by atoms with Crippen molar-refractivity contribution in [1.82, 2.24) is 0 Å².